The molecule has 0 radical (unpaired) electrons. The molecule has 5 heteroatoms. The van der Waals surface area contributed by atoms with Gasteiger partial charge in [0.15, 0.2) is 0 Å². The highest BCUT2D eigenvalue weighted by atomic mass is 16.2. The SMILES string of the molecule is CN1CCN(C2CN(C=O)C2)C(=O)C1. The van der Waals surface area contributed by atoms with E-state index in [0.29, 0.717) is 19.6 Å². The highest BCUT2D eigenvalue weighted by molar-refractivity contribution is 5.79. The highest BCUT2D eigenvalue weighted by Crippen LogP contribution is 2.15. The molecule has 78 valence electrons. The fourth-order valence-corrected chi connectivity index (χ4v) is 1.96. The van der Waals surface area contributed by atoms with Gasteiger partial charge in [-0.2, -0.15) is 0 Å². The van der Waals surface area contributed by atoms with Gasteiger partial charge in [0.2, 0.25) is 12.3 Å². The van der Waals surface area contributed by atoms with Gasteiger partial charge in [0.25, 0.3) is 0 Å². The number of likely N-dealkylation sites (N-methyl/N-ethyl adjacent to an activating group) is 1. The van der Waals surface area contributed by atoms with Crippen LogP contribution in [0.2, 0.25) is 0 Å². The van der Waals surface area contributed by atoms with Crippen molar-refractivity contribution in [2.24, 2.45) is 0 Å². The van der Waals surface area contributed by atoms with Crippen LogP contribution in [0.4, 0.5) is 0 Å². The first kappa shape index (κ1) is 9.45. The number of nitrogens with zero attached hydrogens (tertiary/aromatic N) is 3. The third kappa shape index (κ3) is 1.59. The Morgan fingerprint density at radius 3 is 2.64 bits per heavy atom. The van der Waals surface area contributed by atoms with Crippen LogP contribution in [0, 0.1) is 0 Å². The molecule has 2 rings (SSSR count). The minimum atomic E-state index is 0.189. The van der Waals surface area contributed by atoms with Crippen LogP contribution >= 0.6 is 0 Å². The predicted molar refractivity (Wildman–Crippen MR) is 50.6 cm³/mol. The summed E-state index contributed by atoms with van der Waals surface area (Å²) in [6, 6.07) is 0.265. The number of rotatable bonds is 2. The van der Waals surface area contributed by atoms with Gasteiger partial charge in [0.05, 0.1) is 12.6 Å². The molecule has 0 saturated carbocycles. The van der Waals surface area contributed by atoms with Crippen molar-refractivity contribution in [1.29, 1.82) is 0 Å². The lowest BCUT2D eigenvalue weighted by molar-refractivity contribution is -0.145. The molecule has 14 heavy (non-hydrogen) atoms. The summed E-state index contributed by atoms with van der Waals surface area (Å²) in [5.74, 6) is 0.189. The summed E-state index contributed by atoms with van der Waals surface area (Å²) >= 11 is 0. The fraction of sp³-hybridized carbons (Fsp3) is 0.778. The van der Waals surface area contributed by atoms with Crippen molar-refractivity contribution in [2.45, 2.75) is 6.04 Å². The third-order valence-corrected chi connectivity index (χ3v) is 2.93. The molecule has 0 N–H and O–H groups in total. The van der Waals surface area contributed by atoms with Crippen LogP contribution in [0.25, 0.3) is 0 Å². The van der Waals surface area contributed by atoms with E-state index < -0.39 is 0 Å². The lowest BCUT2D eigenvalue weighted by atomic mass is 10.1. The van der Waals surface area contributed by atoms with E-state index in [2.05, 4.69) is 0 Å². The molecule has 0 aromatic rings. The maximum Gasteiger partial charge on any atom is 0.237 e. The lowest BCUT2D eigenvalue weighted by Crippen LogP contribution is -2.64. The first-order chi connectivity index (χ1) is 6.70. The molecule has 2 heterocycles. The van der Waals surface area contributed by atoms with Crippen molar-refractivity contribution in [3.05, 3.63) is 0 Å². The number of hydrogen-bond acceptors (Lipinski definition) is 3. The van der Waals surface area contributed by atoms with Crippen LogP contribution in [0.1, 0.15) is 0 Å². The zero-order chi connectivity index (χ0) is 10.1. The number of piperazine rings is 1. The van der Waals surface area contributed by atoms with Crippen molar-refractivity contribution in [3.8, 4) is 0 Å². The third-order valence-electron chi connectivity index (χ3n) is 2.93. The van der Waals surface area contributed by atoms with E-state index in [9.17, 15) is 9.59 Å². The standard InChI is InChI=1S/C9H15N3O2/c1-10-2-3-12(9(14)6-10)8-4-11(5-8)7-13/h7-8H,2-6H2,1H3. The van der Waals surface area contributed by atoms with Crippen LogP contribution < -0.4 is 0 Å². The van der Waals surface area contributed by atoms with Crippen molar-refractivity contribution in [3.63, 3.8) is 0 Å². The second kappa shape index (κ2) is 3.57. The van der Waals surface area contributed by atoms with Crippen molar-refractivity contribution in [1.82, 2.24) is 14.7 Å². The van der Waals surface area contributed by atoms with Gasteiger partial charge in [-0.3, -0.25) is 14.5 Å². The van der Waals surface area contributed by atoms with Crippen LogP contribution in [0.5, 0.6) is 0 Å². The molecule has 0 aromatic heterocycles. The second-order valence-corrected chi connectivity index (χ2v) is 4.04. The fourth-order valence-electron chi connectivity index (χ4n) is 1.96. The molecule has 5 nitrogen and oxygen atoms in total. The van der Waals surface area contributed by atoms with Crippen LogP contribution in [-0.4, -0.2) is 72.8 Å². The van der Waals surface area contributed by atoms with E-state index in [1.54, 1.807) is 4.90 Å². The molecular formula is C9H15N3O2. The van der Waals surface area contributed by atoms with E-state index >= 15 is 0 Å². The zero-order valence-electron chi connectivity index (χ0n) is 8.35. The van der Waals surface area contributed by atoms with Crippen molar-refractivity contribution >= 4 is 12.3 Å². The molecule has 0 atom stereocenters. The van der Waals surface area contributed by atoms with E-state index in [4.69, 9.17) is 0 Å². The number of likely N-dealkylation sites (tertiary alicyclic amines) is 1. The molecule has 2 saturated heterocycles. The van der Waals surface area contributed by atoms with Gasteiger partial charge in [-0.15, -0.1) is 0 Å². The second-order valence-electron chi connectivity index (χ2n) is 4.04. The van der Waals surface area contributed by atoms with Gasteiger partial charge in [0.1, 0.15) is 0 Å². The number of carbonyl (C=O) groups excluding carboxylic acids is 2. The largest absolute Gasteiger partial charge is 0.341 e. The molecule has 0 unspecified atom stereocenters. The van der Waals surface area contributed by atoms with E-state index in [1.165, 1.54) is 0 Å². The Morgan fingerprint density at radius 2 is 2.07 bits per heavy atom. The minimum absolute atomic E-state index is 0.189. The van der Waals surface area contributed by atoms with Crippen molar-refractivity contribution < 1.29 is 9.59 Å². The number of carbonyl (C=O) groups is 2. The minimum Gasteiger partial charge on any atom is -0.341 e. The molecule has 2 aliphatic heterocycles. The summed E-state index contributed by atoms with van der Waals surface area (Å²) in [5, 5.41) is 0. The van der Waals surface area contributed by atoms with Gasteiger partial charge in [0, 0.05) is 26.2 Å². The Bertz CT molecular complexity index is 250. The Kier molecular flexibility index (Phi) is 2.41. The zero-order valence-corrected chi connectivity index (χ0v) is 8.35. The van der Waals surface area contributed by atoms with Crippen LogP contribution in [-0.2, 0) is 9.59 Å². The summed E-state index contributed by atoms with van der Waals surface area (Å²) in [5.41, 5.74) is 0. The summed E-state index contributed by atoms with van der Waals surface area (Å²) in [7, 11) is 1.95. The topological polar surface area (TPSA) is 43.9 Å². The average Bonchev–Trinajstić information content (AvgIpc) is 2.06. The average molecular weight is 197 g/mol. The quantitative estimate of drug-likeness (QED) is 0.511. The van der Waals surface area contributed by atoms with Gasteiger partial charge in [-0.25, -0.2) is 0 Å². The maximum atomic E-state index is 11.6. The number of amides is 2. The molecule has 0 aromatic carbocycles. The number of hydrogen-bond donors (Lipinski definition) is 0. The summed E-state index contributed by atoms with van der Waals surface area (Å²) < 4.78 is 0. The van der Waals surface area contributed by atoms with E-state index in [0.717, 1.165) is 19.5 Å². The van der Waals surface area contributed by atoms with Crippen molar-refractivity contribution in [2.75, 3.05) is 39.8 Å². The first-order valence-corrected chi connectivity index (χ1v) is 4.88. The predicted octanol–water partition coefficient (Wildman–Crippen LogP) is -1.40. The first-order valence-electron chi connectivity index (χ1n) is 4.88. The summed E-state index contributed by atoms with van der Waals surface area (Å²) in [4.78, 5) is 27.6. The molecule has 2 amide bonds. The smallest absolute Gasteiger partial charge is 0.237 e. The normalized spacial score (nSPS) is 25.1. The van der Waals surface area contributed by atoms with E-state index in [-0.39, 0.29) is 11.9 Å². The molecule has 0 bridgehead atoms. The van der Waals surface area contributed by atoms with Gasteiger partial charge >= 0.3 is 0 Å². The summed E-state index contributed by atoms with van der Waals surface area (Å²) in [6.45, 7) is 3.66. The highest BCUT2D eigenvalue weighted by Gasteiger charge is 2.35. The van der Waals surface area contributed by atoms with Crippen LogP contribution in [0.15, 0.2) is 0 Å². The molecule has 0 spiro atoms. The Hall–Kier alpha value is -1.10. The molecule has 0 aliphatic carbocycles. The van der Waals surface area contributed by atoms with Gasteiger partial charge in [-0.1, -0.05) is 0 Å². The summed E-state index contributed by atoms with van der Waals surface area (Å²) in [6.07, 6.45) is 0.844. The van der Waals surface area contributed by atoms with Gasteiger partial charge < -0.3 is 9.80 Å². The Morgan fingerprint density at radius 1 is 1.36 bits per heavy atom. The maximum absolute atomic E-state index is 11.6. The lowest BCUT2D eigenvalue weighted by Gasteiger charge is -2.46. The van der Waals surface area contributed by atoms with Crippen LogP contribution in [0.3, 0.4) is 0 Å². The van der Waals surface area contributed by atoms with Gasteiger partial charge in [-0.05, 0) is 7.05 Å². The molecule has 2 fully saturated rings. The molecular weight excluding hydrogens is 182 g/mol. The van der Waals surface area contributed by atoms with E-state index in [1.807, 2.05) is 16.8 Å². The Labute approximate surface area is 83.2 Å². The molecule has 2 aliphatic rings. The monoisotopic (exact) mass is 197 g/mol. The Balaban J connectivity index is 1.87.